The molecular formula is C12H18ClNO2S. The van der Waals surface area contributed by atoms with Gasteiger partial charge in [0.05, 0.1) is 11.6 Å². The van der Waals surface area contributed by atoms with Crippen LogP contribution in [0.25, 0.3) is 0 Å². The summed E-state index contributed by atoms with van der Waals surface area (Å²) in [6.07, 6.45) is 1.14. The molecule has 1 aromatic heterocycles. The zero-order chi connectivity index (χ0) is 12.8. The molecule has 1 heterocycles. The van der Waals surface area contributed by atoms with E-state index in [2.05, 4.69) is 0 Å². The van der Waals surface area contributed by atoms with E-state index in [1.807, 2.05) is 18.4 Å². The maximum atomic E-state index is 11.3. The second kappa shape index (κ2) is 6.99. The Bertz CT molecular complexity index is 367. The van der Waals surface area contributed by atoms with Crippen LogP contribution in [-0.4, -0.2) is 12.6 Å². The number of nitrogens with two attached hydrogens (primary N) is 1. The standard InChI is InChI=1S/C12H18ClNO2S/c1-3-16-11(15)7-8(2)6-10(14)12-9(13)4-5-17-12/h4-5,8,10H,3,6-7,14H2,1-2H3. The normalized spacial score (nSPS) is 14.4. The largest absolute Gasteiger partial charge is 0.466 e. The molecule has 2 N–H and O–H groups in total. The van der Waals surface area contributed by atoms with Crippen molar-refractivity contribution >= 4 is 28.9 Å². The van der Waals surface area contributed by atoms with Crippen LogP contribution in [-0.2, 0) is 9.53 Å². The summed E-state index contributed by atoms with van der Waals surface area (Å²) in [6.45, 7) is 4.23. The molecule has 17 heavy (non-hydrogen) atoms. The average molecular weight is 276 g/mol. The fraction of sp³-hybridized carbons (Fsp3) is 0.583. The molecule has 0 aromatic carbocycles. The zero-order valence-corrected chi connectivity index (χ0v) is 11.7. The van der Waals surface area contributed by atoms with Crippen LogP contribution in [0.15, 0.2) is 11.4 Å². The van der Waals surface area contributed by atoms with Crippen LogP contribution in [0.4, 0.5) is 0 Å². The third kappa shape index (κ3) is 4.66. The third-order valence-corrected chi connectivity index (χ3v) is 3.95. The lowest BCUT2D eigenvalue weighted by molar-refractivity contribution is -0.144. The molecule has 0 spiro atoms. The van der Waals surface area contributed by atoms with Gasteiger partial charge in [0.1, 0.15) is 0 Å². The molecule has 1 aromatic rings. The molecule has 2 unspecified atom stereocenters. The summed E-state index contributed by atoms with van der Waals surface area (Å²) in [5.41, 5.74) is 6.06. The van der Waals surface area contributed by atoms with E-state index in [0.717, 1.165) is 11.3 Å². The van der Waals surface area contributed by atoms with Crippen LogP contribution < -0.4 is 5.73 Å². The van der Waals surface area contributed by atoms with Crippen molar-refractivity contribution in [3.05, 3.63) is 21.3 Å². The van der Waals surface area contributed by atoms with Crippen molar-refractivity contribution in [3.63, 3.8) is 0 Å². The first-order chi connectivity index (χ1) is 8.04. The SMILES string of the molecule is CCOC(=O)CC(C)CC(N)c1sccc1Cl. The Balaban J connectivity index is 2.43. The van der Waals surface area contributed by atoms with E-state index in [0.29, 0.717) is 18.1 Å². The Labute approximate surface area is 111 Å². The van der Waals surface area contributed by atoms with Crippen LogP contribution >= 0.6 is 22.9 Å². The molecule has 96 valence electrons. The molecule has 0 radical (unpaired) electrons. The van der Waals surface area contributed by atoms with E-state index in [9.17, 15) is 4.79 Å². The predicted octanol–water partition coefficient (Wildman–Crippen LogP) is 3.38. The Morgan fingerprint density at radius 1 is 1.65 bits per heavy atom. The molecule has 0 bridgehead atoms. The minimum atomic E-state index is -0.163. The number of thiophene rings is 1. The van der Waals surface area contributed by atoms with Gasteiger partial charge in [0.15, 0.2) is 0 Å². The first-order valence-corrected chi connectivity index (χ1v) is 6.94. The summed E-state index contributed by atoms with van der Waals surface area (Å²) < 4.78 is 4.91. The first kappa shape index (κ1) is 14.5. The van der Waals surface area contributed by atoms with Gasteiger partial charge in [0, 0.05) is 17.3 Å². The van der Waals surface area contributed by atoms with Crippen LogP contribution in [0.5, 0.6) is 0 Å². The highest BCUT2D eigenvalue weighted by atomic mass is 35.5. The third-order valence-electron chi connectivity index (χ3n) is 2.46. The van der Waals surface area contributed by atoms with Gasteiger partial charge in [0.25, 0.3) is 0 Å². The van der Waals surface area contributed by atoms with E-state index in [-0.39, 0.29) is 17.9 Å². The number of ether oxygens (including phenoxy) is 1. The molecule has 0 saturated heterocycles. The lowest BCUT2D eigenvalue weighted by atomic mass is 9.98. The van der Waals surface area contributed by atoms with E-state index in [4.69, 9.17) is 22.1 Å². The smallest absolute Gasteiger partial charge is 0.306 e. The fourth-order valence-electron chi connectivity index (χ4n) is 1.70. The Hall–Kier alpha value is -0.580. The number of esters is 1. The Morgan fingerprint density at radius 3 is 2.88 bits per heavy atom. The van der Waals surface area contributed by atoms with Gasteiger partial charge in [-0.3, -0.25) is 4.79 Å². The highest BCUT2D eigenvalue weighted by Gasteiger charge is 2.17. The number of hydrogen-bond acceptors (Lipinski definition) is 4. The van der Waals surface area contributed by atoms with Crippen molar-refractivity contribution in [2.75, 3.05) is 6.61 Å². The predicted molar refractivity (Wildman–Crippen MR) is 71.3 cm³/mol. The van der Waals surface area contributed by atoms with Crippen molar-refractivity contribution in [3.8, 4) is 0 Å². The number of rotatable bonds is 6. The summed E-state index contributed by atoms with van der Waals surface area (Å²) in [5, 5.41) is 2.64. The van der Waals surface area contributed by atoms with Gasteiger partial charge in [-0.1, -0.05) is 18.5 Å². The molecular weight excluding hydrogens is 258 g/mol. The van der Waals surface area contributed by atoms with Gasteiger partial charge in [-0.05, 0) is 30.7 Å². The van der Waals surface area contributed by atoms with E-state index >= 15 is 0 Å². The van der Waals surface area contributed by atoms with E-state index in [1.54, 1.807) is 18.3 Å². The van der Waals surface area contributed by atoms with Gasteiger partial charge in [-0.2, -0.15) is 0 Å². The molecule has 0 aliphatic heterocycles. The maximum Gasteiger partial charge on any atom is 0.306 e. The molecule has 0 amide bonds. The van der Waals surface area contributed by atoms with Crippen LogP contribution in [0.1, 0.15) is 37.6 Å². The number of hydrogen-bond donors (Lipinski definition) is 1. The zero-order valence-electron chi connectivity index (χ0n) is 10.1. The lowest BCUT2D eigenvalue weighted by Gasteiger charge is -2.16. The van der Waals surface area contributed by atoms with Crippen molar-refractivity contribution in [2.45, 2.75) is 32.7 Å². The first-order valence-electron chi connectivity index (χ1n) is 5.68. The van der Waals surface area contributed by atoms with Gasteiger partial charge in [-0.15, -0.1) is 11.3 Å². The summed E-state index contributed by atoms with van der Waals surface area (Å²) in [5.74, 6) is 0.0340. The number of halogens is 1. The van der Waals surface area contributed by atoms with E-state index < -0.39 is 0 Å². The number of carbonyl (C=O) groups excluding carboxylic acids is 1. The van der Waals surface area contributed by atoms with Gasteiger partial charge >= 0.3 is 5.97 Å². The minimum absolute atomic E-state index is 0.105. The molecule has 0 aliphatic rings. The summed E-state index contributed by atoms with van der Waals surface area (Å²) in [4.78, 5) is 12.3. The molecule has 0 aliphatic carbocycles. The van der Waals surface area contributed by atoms with Crippen molar-refractivity contribution in [1.29, 1.82) is 0 Å². The lowest BCUT2D eigenvalue weighted by Crippen LogP contribution is -2.16. The Kier molecular flexibility index (Phi) is 5.95. The van der Waals surface area contributed by atoms with E-state index in [1.165, 1.54) is 0 Å². The quantitative estimate of drug-likeness (QED) is 0.810. The molecule has 5 heteroatoms. The van der Waals surface area contributed by atoms with Gasteiger partial charge in [0.2, 0.25) is 0 Å². The minimum Gasteiger partial charge on any atom is -0.466 e. The van der Waals surface area contributed by atoms with Crippen molar-refractivity contribution in [2.24, 2.45) is 11.7 Å². The monoisotopic (exact) mass is 275 g/mol. The second-order valence-corrected chi connectivity index (χ2v) is 5.44. The number of carbonyl (C=O) groups is 1. The summed E-state index contributed by atoms with van der Waals surface area (Å²) in [7, 11) is 0. The molecule has 0 saturated carbocycles. The van der Waals surface area contributed by atoms with Gasteiger partial charge < -0.3 is 10.5 Å². The summed E-state index contributed by atoms with van der Waals surface area (Å²) >= 11 is 7.57. The maximum absolute atomic E-state index is 11.3. The topological polar surface area (TPSA) is 52.3 Å². The van der Waals surface area contributed by atoms with Crippen molar-refractivity contribution in [1.82, 2.24) is 0 Å². The van der Waals surface area contributed by atoms with Gasteiger partial charge in [-0.25, -0.2) is 0 Å². The summed E-state index contributed by atoms with van der Waals surface area (Å²) in [6, 6.07) is 1.74. The van der Waals surface area contributed by atoms with Crippen LogP contribution in [0, 0.1) is 5.92 Å². The fourth-order valence-corrected chi connectivity index (χ4v) is 2.91. The Morgan fingerprint density at radius 2 is 2.35 bits per heavy atom. The second-order valence-electron chi connectivity index (χ2n) is 4.09. The highest BCUT2D eigenvalue weighted by Crippen LogP contribution is 2.31. The molecule has 3 nitrogen and oxygen atoms in total. The van der Waals surface area contributed by atoms with Crippen LogP contribution in [0.2, 0.25) is 5.02 Å². The molecule has 1 rings (SSSR count). The molecule has 0 fully saturated rings. The molecule has 2 atom stereocenters. The van der Waals surface area contributed by atoms with Crippen molar-refractivity contribution < 1.29 is 9.53 Å². The highest BCUT2D eigenvalue weighted by molar-refractivity contribution is 7.10. The van der Waals surface area contributed by atoms with Crippen LogP contribution in [0.3, 0.4) is 0 Å². The average Bonchev–Trinajstić information content (AvgIpc) is 2.64.